The quantitative estimate of drug-likeness (QED) is 0.643. The van der Waals surface area contributed by atoms with Gasteiger partial charge in [-0.25, -0.2) is 0 Å². The van der Waals surface area contributed by atoms with E-state index >= 15 is 0 Å². The van der Waals surface area contributed by atoms with Gasteiger partial charge in [0.25, 0.3) is 0 Å². The lowest BCUT2D eigenvalue weighted by molar-refractivity contribution is 0.0532. The molecule has 0 aliphatic carbocycles. The summed E-state index contributed by atoms with van der Waals surface area (Å²) >= 11 is 0. The molecule has 0 bridgehead atoms. The van der Waals surface area contributed by atoms with Crippen LogP contribution < -0.4 is 4.90 Å². The van der Waals surface area contributed by atoms with Gasteiger partial charge in [-0.15, -0.1) is 6.42 Å². The van der Waals surface area contributed by atoms with Crippen LogP contribution in [0.1, 0.15) is 12.5 Å². The number of terminal acetylenes is 1. The molecule has 78 valence electrons. The average Bonchev–Trinajstić information content (AvgIpc) is 2.29. The summed E-state index contributed by atoms with van der Waals surface area (Å²) in [6, 6.07) is 8.12. The highest BCUT2D eigenvalue weighted by molar-refractivity contribution is 5.50. The molecular formula is C13H15NO. The third kappa shape index (κ3) is 2.31. The van der Waals surface area contributed by atoms with Gasteiger partial charge in [0.05, 0.1) is 12.7 Å². The summed E-state index contributed by atoms with van der Waals surface area (Å²) < 4.78 is 5.50. The summed E-state index contributed by atoms with van der Waals surface area (Å²) in [6.07, 6.45) is 5.63. The maximum Gasteiger partial charge on any atom is 0.0722 e. The van der Waals surface area contributed by atoms with E-state index in [2.05, 4.69) is 29.9 Å². The normalized spacial score (nSPS) is 21.1. The largest absolute Gasteiger partial charge is 0.375 e. The van der Waals surface area contributed by atoms with Crippen LogP contribution in [0.2, 0.25) is 0 Å². The minimum atomic E-state index is 0.311. The Kier molecular flexibility index (Phi) is 2.94. The van der Waals surface area contributed by atoms with Crippen molar-refractivity contribution in [2.24, 2.45) is 0 Å². The van der Waals surface area contributed by atoms with Gasteiger partial charge in [0, 0.05) is 24.3 Å². The molecule has 1 aliphatic rings. The van der Waals surface area contributed by atoms with Crippen molar-refractivity contribution in [3.8, 4) is 12.3 Å². The molecule has 0 radical (unpaired) electrons. The standard InChI is InChI=1S/C13H15NO/c1-3-12-4-6-13(7-5-12)14-8-9-15-11(2)10-14/h1,4-7,11H,8-10H2,2H3/t11-/m1/s1. The van der Waals surface area contributed by atoms with E-state index in [0.717, 1.165) is 25.3 Å². The predicted molar refractivity (Wildman–Crippen MR) is 62.0 cm³/mol. The third-order valence-corrected chi connectivity index (χ3v) is 2.64. The Morgan fingerprint density at radius 2 is 2.13 bits per heavy atom. The number of nitrogens with zero attached hydrogens (tertiary/aromatic N) is 1. The molecule has 0 N–H and O–H groups in total. The number of hydrogen-bond acceptors (Lipinski definition) is 2. The molecule has 2 rings (SSSR count). The first-order valence-electron chi connectivity index (χ1n) is 5.23. The average molecular weight is 201 g/mol. The molecule has 2 nitrogen and oxygen atoms in total. The fourth-order valence-corrected chi connectivity index (χ4v) is 1.82. The number of benzene rings is 1. The fourth-order valence-electron chi connectivity index (χ4n) is 1.82. The second kappa shape index (κ2) is 4.37. The van der Waals surface area contributed by atoms with Crippen molar-refractivity contribution in [3.05, 3.63) is 29.8 Å². The Hall–Kier alpha value is -1.46. The molecule has 1 aromatic carbocycles. The van der Waals surface area contributed by atoms with Crippen molar-refractivity contribution in [2.75, 3.05) is 24.6 Å². The lowest BCUT2D eigenvalue weighted by atomic mass is 10.2. The molecule has 0 aromatic heterocycles. The summed E-state index contributed by atoms with van der Waals surface area (Å²) in [4.78, 5) is 2.33. The van der Waals surface area contributed by atoms with Crippen molar-refractivity contribution in [1.29, 1.82) is 0 Å². The smallest absolute Gasteiger partial charge is 0.0722 e. The van der Waals surface area contributed by atoms with E-state index in [1.165, 1.54) is 5.69 Å². The van der Waals surface area contributed by atoms with Crippen LogP contribution >= 0.6 is 0 Å². The zero-order valence-electron chi connectivity index (χ0n) is 8.94. The zero-order chi connectivity index (χ0) is 10.7. The van der Waals surface area contributed by atoms with Crippen LogP contribution in [0.3, 0.4) is 0 Å². The van der Waals surface area contributed by atoms with E-state index in [4.69, 9.17) is 11.2 Å². The molecule has 0 unspecified atom stereocenters. The highest BCUT2D eigenvalue weighted by atomic mass is 16.5. The van der Waals surface area contributed by atoms with Crippen molar-refractivity contribution in [2.45, 2.75) is 13.0 Å². The Morgan fingerprint density at radius 3 is 2.73 bits per heavy atom. The van der Waals surface area contributed by atoms with Gasteiger partial charge in [0.15, 0.2) is 0 Å². The van der Waals surface area contributed by atoms with E-state index in [-0.39, 0.29) is 0 Å². The molecule has 2 heteroatoms. The molecule has 1 atom stereocenters. The highest BCUT2D eigenvalue weighted by Gasteiger charge is 2.16. The van der Waals surface area contributed by atoms with Gasteiger partial charge in [0.1, 0.15) is 0 Å². The topological polar surface area (TPSA) is 12.5 Å². The van der Waals surface area contributed by atoms with Crippen LogP contribution in [0.5, 0.6) is 0 Å². The molecule has 1 aliphatic heterocycles. The summed E-state index contributed by atoms with van der Waals surface area (Å²) in [5.74, 6) is 2.62. The van der Waals surface area contributed by atoms with Gasteiger partial charge in [-0.3, -0.25) is 0 Å². The molecule has 15 heavy (non-hydrogen) atoms. The number of hydrogen-bond donors (Lipinski definition) is 0. The third-order valence-electron chi connectivity index (χ3n) is 2.64. The monoisotopic (exact) mass is 201 g/mol. The van der Waals surface area contributed by atoms with Crippen LogP contribution in [-0.2, 0) is 4.74 Å². The first-order valence-corrected chi connectivity index (χ1v) is 5.23. The molecular weight excluding hydrogens is 186 g/mol. The van der Waals surface area contributed by atoms with Gasteiger partial charge >= 0.3 is 0 Å². The van der Waals surface area contributed by atoms with Crippen molar-refractivity contribution >= 4 is 5.69 Å². The lowest BCUT2D eigenvalue weighted by Gasteiger charge is -2.32. The summed E-state index contributed by atoms with van der Waals surface area (Å²) in [5.41, 5.74) is 2.16. The van der Waals surface area contributed by atoms with E-state index in [9.17, 15) is 0 Å². The SMILES string of the molecule is C#Cc1ccc(N2CCO[C@H](C)C2)cc1. The minimum Gasteiger partial charge on any atom is -0.375 e. The first-order chi connectivity index (χ1) is 7.29. The van der Waals surface area contributed by atoms with Gasteiger partial charge in [-0.1, -0.05) is 5.92 Å². The van der Waals surface area contributed by atoms with Gasteiger partial charge in [-0.2, -0.15) is 0 Å². The molecule has 0 spiro atoms. The molecule has 0 amide bonds. The van der Waals surface area contributed by atoms with Crippen LogP contribution in [0.15, 0.2) is 24.3 Å². The minimum absolute atomic E-state index is 0.311. The molecule has 1 fully saturated rings. The van der Waals surface area contributed by atoms with E-state index < -0.39 is 0 Å². The Labute approximate surface area is 90.9 Å². The Morgan fingerprint density at radius 1 is 1.40 bits per heavy atom. The van der Waals surface area contributed by atoms with E-state index in [1.54, 1.807) is 0 Å². The number of morpholine rings is 1. The van der Waals surface area contributed by atoms with Crippen LogP contribution in [0.25, 0.3) is 0 Å². The van der Waals surface area contributed by atoms with Crippen LogP contribution in [0.4, 0.5) is 5.69 Å². The molecule has 1 heterocycles. The van der Waals surface area contributed by atoms with Gasteiger partial charge < -0.3 is 9.64 Å². The number of ether oxygens (including phenoxy) is 1. The fraction of sp³-hybridized carbons (Fsp3) is 0.385. The summed E-state index contributed by atoms with van der Waals surface area (Å²) in [7, 11) is 0. The van der Waals surface area contributed by atoms with E-state index in [0.29, 0.717) is 6.10 Å². The van der Waals surface area contributed by atoms with Crippen LogP contribution in [0, 0.1) is 12.3 Å². The van der Waals surface area contributed by atoms with Crippen molar-refractivity contribution in [1.82, 2.24) is 0 Å². The molecule has 1 aromatic rings. The summed E-state index contributed by atoms with van der Waals surface area (Å²) in [5, 5.41) is 0. The predicted octanol–water partition coefficient (Wildman–Crippen LogP) is 1.89. The van der Waals surface area contributed by atoms with Gasteiger partial charge in [-0.05, 0) is 31.2 Å². The first kappa shape index (κ1) is 10.1. The Bertz CT molecular complexity index is 363. The van der Waals surface area contributed by atoms with Crippen molar-refractivity contribution in [3.63, 3.8) is 0 Å². The second-order valence-corrected chi connectivity index (χ2v) is 3.82. The van der Waals surface area contributed by atoms with Crippen molar-refractivity contribution < 1.29 is 4.74 Å². The molecule has 0 saturated carbocycles. The second-order valence-electron chi connectivity index (χ2n) is 3.82. The highest BCUT2D eigenvalue weighted by Crippen LogP contribution is 2.17. The van der Waals surface area contributed by atoms with Crippen LogP contribution in [-0.4, -0.2) is 25.8 Å². The van der Waals surface area contributed by atoms with E-state index in [1.807, 2.05) is 12.1 Å². The maximum atomic E-state index is 5.50. The lowest BCUT2D eigenvalue weighted by Crippen LogP contribution is -2.41. The molecule has 1 saturated heterocycles. The Balaban J connectivity index is 2.12. The van der Waals surface area contributed by atoms with Gasteiger partial charge in [0.2, 0.25) is 0 Å². The number of rotatable bonds is 1. The maximum absolute atomic E-state index is 5.50. The summed E-state index contributed by atoms with van der Waals surface area (Å²) in [6.45, 7) is 4.81. The number of anilines is 1. The zero-order valence-corrected chi connectivity index (χ0v) is 8.94.